The minimum Gasteiger partial charge on any atom is -0.478 e. The van der Waals surface area contributed by atoms with E-state index in [1.807, 2.05) is 17.5 Å². The smallest absolute Gasteiger partial charge is 0.339 e. The molecule has 1 aliphatic rings. The molecule has 4 rings (SSSR count). The van der Waals surface area contributed by atoms with Crippen molar-refractivity contribution in [2.75, 3.05) is 23.8 Å². The molecule has 0 aliphatic heterocycles. The van der Waals surface area contributed by atoms with Gasteiger partial charge in [0.25, 0.3) is 5.91 Å². The molecule has 1 amide bonds. The first-order valence-electron chi connectivity index (χ1n) is 9.96. The van der Waals surface area contributed by atoms with E-state index in [0.717, 1.165) is 24.8 Å². The summed E-state index contributed by atoms with van der Waals surface area (Å²) in [5.41, 5.74) is 3.70. The van der Waals surface area contributed by atoms with Gasteiger partial charge in [0, 0.05) is 18.9 Å². The topological polar surface area (TPSA) is 124 Å². The average Bonchev–Trinajstić information content (AvgIpc) is 3.21. The highest BCUT2D eigenvalue weighted by Crippen LogP contribution is 2.39. The van der Waals surface area contributed by atoms with Crippen LogP contribution in [0.1, 0.15) is 49.7 Å². The largest absolute Gasteiger partial charge is 0.478 e. The van der Waals surface area contributed by atoms with E-state index >= 15 is 0 Å². The number of nitrogens with zero attached hydrogens (tertiary/aromatic N) is 2. The Labute approximate surface area is 183 Å². The van der Waals surface area contributed by atoms with E-state index in [9.17, 15) is 14.7 Å². The summed E-state index contributed by atoms with van der Waals surface area (Å²) in [5, 5.41) is 26.4. The summed E-state index contributed by atoms with van der Waals surface area (Å²) in [6, 6.07) is 8.25. The van der Waals surface area contributed by atoms with Crippen LogP contribution >= 0.6 is 11.3 Å². The lowest BCUT2D eigenvalue weighted by molar-refractivity contribution is 0.0696. The van der Waals surface area contributed by atoms with Gasteiger partial charge in [-0.3, -0.25) is 4.79 Å². The van der Waals surface area contributed by atoms with Crippen molar-refractivity contribution in [1.29, 1.82) is 0 Å². The number of thiophene rings is 1. The van der Waals surface area contributed by atoms with Gasteiger partial charge in [0.1, 0.15) is 5.00 Å². The van der Waals surface area contributed by atoms with E-state index in [1.54, 1.807) is 0 Å². The SMILES string of the molecule is O=C(Nc1scc(C2CCc3ccccc3C2)c1C(=O)O)c1cnc(NCCO)nc1. The molecule has 31 heavy (non-hydrogen) atoms. The van der Waals surface area contributed by atoms with Crippen LogP contribution in [0.3, 0.4) is 0 Å². The highest BCUT2D eigenvalue weighted by Gasteiger charge is 2.28. The van der Waals surface area contributed by atoms with E-state index in [0.29, 0.717) is 17.5 Å². The lowest BCUT2D eigenvalue weighted by Crippen LogP contribution is -2.17. The van der Waals surface area contributed by atoms with Crippen LogP contribution in [-0.2, 0) is 12.8 Å². The number of carbonyl (C=O) groups is 2. The molecule has 9 heteroatoms. The number of benzene rings is 1. The Balaban J connectivity index is 1.53. The fraction of sp³-hybridized carbons (Fsp3) is 0.273. The van der Waals surface area contributed by atoms with Crippen LogP contribution in [-0.4, -0.2) is 45.2 Å². The quantitative estimate of drug-likeness (QED) is 0.447. The number of hydrogen-bond donors (Lipinski definition) is 4. The number of amides is 1. The fourth-order valence-corrected chi connectivity index (χ4v) is 4.86. The molecule has 0 saturated heterocycles. The maximum atomic E-state index is 12.6. The van der Waals surface area contributed by atoms with Gasteiger partial charge in [0.15, 0.2) is 0 Å². The monoisotopic (exact) mass is 438 g/mol. The number of aromatic carboxylic acids is 1. The minimum absolute atomic E-state index is 0.0587. The van der Waals surface area contributed by atoms with Crippen LogP contribution in [0.15, 0.2) is 42.0 Å². The van der Waals surface area contributed by atoms with Crippen LogP contribution in [0.2, 0.25) is 0 Å². The molecule has 2 heterocycles. The zero-order chi connectivity index (χ0) is 21.8. The summed E-state index contributed by atoms with van der Waals surface area (Å²) in [4.78, 5) is 32.7. The van der Waals surface area contributed by atoms with Crippen LogP contribution in [0, 0.1) is 0 Å². The summed E-state index contributed by atoms with van der Waals surface area (Å²) in [6.45, 7) is 0.244. The van der Waals surface area contributed by atoms with Crippen molar-refractivity contribution in [3.8, 4) is 0 Å². The van der Waals surface area contributed by atoms with Crippen molar-refractivity contribution in [1.82, 2.24) is 9.97 Å². The molecule has 0 fully saturated rings. The molecule has 0 spiro atoms. The summed E-state index contributed by atoms with van der Waals surface area (Å²) in [5.74, 6) is -1.13. The molecule has 2 aromatic heterocycles. The summed E-state index contributed by atoms with van der Waals surface area (Å²) in [6.07, 6.45) is 5.28. The number of aliphatic hydroxyl groups excluding tert-OH is 1. The Kier molecular flexibility index (Phi) is 6.24. The van der Waals surface area contributed by atoms with Crippen LogP contribution < -0.4 is 10.6 Å². The molecule has 8 nitrogen and oxygen atoms in total. The Bertz CT molecular complexity index is 1100. The van der Waals surface area contributed by atoms with E-state index in [1.165, 1.54) is 34.9 Å². The number of aliphatic hydroxyl groups is 1. The second-order valence-corrected chi connectivity index (χ2v) is 8.19. The van der Waals surface area contributed by atoms with Gasteiger partial charge in [-0.05, 0) is 47.3 Å². The van der Waals surface area contributed by atoms with Gasteiger partial charge in [0.2, 0.25) is 5.95 Å². The first kappa shape index (κ1) is 21.0. The molecule has 4 N–H and O–H groups in total. The van der Waals surface area contributed by atoms with Crippen molar-refractivity contribution < 1.29 is 19.8 Å². The second-order valence-electron chi connectivity index (χ2n) is 7.31. The third-order valence-electron chi connectivity index (χ3n) is 5.36. The number of hydrogen-bond acceptors (Lipinski definition) is 7. The minimum atomic E-state index is -1.05. The highest BCUT2D eigenvalue weighted by atomic mass is 32.1. The van der Waals surface area contributed by atoms with Crippen LogP contribution in [0.4, 0.5) is 10.9 Å². The van der Waals surface area contributed by atoms with Gasteiger partial charge in [-0.15, -0.1) is 11.3 Å². The number of carbonyl (C=O) groups excluding carboxylic acids is 1. The Hall–Kier alpha value is -3.30. The van der Waals surface area contributed by atoms with E-state index < -0.39 is 11.9 Å². The molecule has 0 bridgehead atoms. The van der Waals surface area contributed by atoms with Crippen molar-refractivity contribution in [2.24, 2.45) is 0 Å². The number of nitrogens with one attached hydrogen (secondary N) is 2. The predicted octanol–water partition coefficient (Wildman–Crippen LogP) is 3.17. The maximum Gasteiger partial charge on any atom is 0.339 e. The zero-order valence-corrected chi connectivity index (χ0v) is 17.5. The second kappa shape index (κ2) is 9.23. The average molecular weight is 439 g/mol. The Morgan fingerprint density at radius 1 is 1.16 bits per heavy atom. The van der Waals surface area contributed by atoms with Gasteiger partial charge in [0.05, 0.1) is 17.7 Å². The van der Waals surface area contributed by atoms with Crippen molar-refractivity contribution in [2.45, 2.75) is 25.2 Å². The number of carboxylic acids is 1. The standard InChI is InChI=1S/C22H22N4O4S/c27-8-7-23-22-24-10-16(11-25-22)19(28)26-20-18(21(29)30)17(12-31-20)15-6-5-13-3-1-2-4-14(13)9-15/h1-4,10-12,15,27H,5-9H2,(H,26,28)(H,29,30)(H,23,24,25). The lowest BCUT2D eigenvalue weighted by atomic mass is 9.80. The molecule has 1 aliphatic carbocycles. The van der Waals surface area contributed by atoms with E-state index in [-0.39, 0.29) is 23.7 Å². The molecule has 0 saturated carbocycles. The highest BCUT2D eigenvalue weighted by molar-refractivity contribution is 7.15. The third-order valence-corrected chi connectivity index (χ3v) is 6.27. The summed E-state index contributed by atoms with van der Waals surface area (Å²) in [7, 11) is 0. The van der Waals surface area contributed by atoms with Crippen molar-refractivity contribution in [3.05, 3.63) is 69.9 Å². The Morgan fingerprint density at radius 3 is 2.61 bits per heavy atom. The van der Waals surface area contributed by atoms with Gasteiger partial charge >= 0.3 is 5.97 Å². The molecule has 1 atom stereocenters. The number of aromatic nitrogens is 2. The number of aryl methyl sites for hydroxylation is 1. The first-order valence-corrected chi connectivity index (χ1v) is 10.8. The van der Waals surface area contributed by atoms with Gasteiger partial charge < -0.3 is 20.8 Å². The molecule has 1 aromatic carbocycles. The van der Waals surface area contributed by atoms with Crippen LogP contribution in [0.5, 0.6) is 0 Å². The molecule has 3 aromatic rings. The Morgan fingerprint density at radius 2 is 1.90 bits per heavy atom. The lowest BCUT2D eigenvalue weighted by Gasteiger charge is -2.24. The van der Waals surface area contributed by atoms with Crippen LogP contribution in [0.25, 0.3) is 0 Å². The maximum absolute atomic E-state index is 12.6. The number of rotatable bonds is 7. The van der Waals surface area contributed by atoms with Gasteiger partial charge in [-0.2, -0.15) is 0 Å². The fourth-order valence-electron chi connectivity index (χ4n) is 3.83. The number of fused-ring (bicyclic) bond motifs is 1. The van der Waals surface area contributed by atoms with Crippen molar-refractivity contribution >= 4 is 34.2 Å². The molecule has 160 valence electrons. The van der Waals surface area contributed by atoms with E-state index in [4.69, 9.17) is 5.11 Å². The zero-order valence-electron chi connectivity index (χ0n) is 16.7. The predicted molar refractivity (Wildman–Crippen MR) is 118 cm³/mol. The van der Waals surface area contributed by atoms with Gasteiger partial charge in [-0.1, -0.05) is 24.3 Å². The molecule has 0 radical (unpaired) electrons. The number of carboxylic acid groups (broad SMARTS) is 1. The molecular weight excluding hydrogens is 416 g/mol. The summed E-state index contributed by atoms with van der Waals surface area (Å²) >= 11 is 1.22. The van der Waals surface area contributed by atoms with Crippen molar-refractivity contribution in [3.63, 3.8) is 0 Å². The molecular formula is C22H22N4O4S. The number of anilines is 2. The summed E-state index contributed by atoms with van der Waals surface area (Å²) < 4.78 is 0. The molecule has 1 unspecified atom stereocenters. The normalized spacial score (nSPS) is 15.2. The third kappa shape index (κ3) is 4.57. The van der Waals surface area contributed by atoms with Gasteiger partial charge in [-0.25, -0.2) is 14.8 Å². The first-order chi connectivity index (χ1) is 15.1. The van der Waals surface area contributed by atoms with E-state index in [2.05, 4.69) is 32.7 Å².